The lowest BCUT2D eigenvalue weighted by Crippen LogP contribution is -2.05. The minimum absolute atomic E-state index is 0.530. The summed E-state index contributed by atoms with van der Waals surface area (Å²) in [6.07, 6.45) is 0.427. The fourth-order valence-electron chi connectivity index (χ4n) is 1.61. The fraction of sp³-hybridized carbons (Fsp3) is 0.400. The normalized spacial score (nSPS) is 21.5. The van der Waals surface area contributed by atoms with E-state index in [1.165, 1.54) is 0 Å². The molecule has 1 aromatic rings. The van der Waals surface area contributed by atoms with Crippen molar-refractivity contribution in [2.24, 2.45) is 0 Å². The Morgan fingerprint density at radius 1 is 1.46 bits per heavy atom. The van der Waals surface area contributed by atoms with Crippen molar-refractivity contribution in [1.29, 1.82) is 0 Å². The molecule has 70 valence electrons. The molecule has 3 heteroatoms. The molecule has 1 atom stereocenters. The Morgan fingerprint density at radius 3 is 3.15 bits per heavy atom. The van der Waals surface area contributed by atoms with Crippen molar-refractivity contribution >= 4 is 21.6 Å². The highest BCUT2D eigenvalue weighted by atomic mass is 79.9. The van der Waals surface area contributed by atoms with Crippen LogP contribution in [0.25, 0.3) is 0 Å². The van der Waals surface area contributed by atoms with Gasteiger partial charge in [-0.1, -0.05) is 15.9 Å². The van der Waals surface area contributed by atoms with Gasteiger partial charge in [0.1, 0.15) is 6.17 Å². The maximum atomic E-state index is 13.2. The van der Waals surface area contributed by atoms with Crippen molar-refractivity contribution in [3.8, 4) is 0 Å². The lowest BCUT2D eigenvalue weighted by molar-refractivity contribution is 0.323. The van der Waals surface area contributed by atoms with Gasteiger partial charge in [-0.3, -0.25) is 0 Å². The third kappa shape index (κ3) is 2.02. The molecular formula is C10H11BrFN. The zero-order valence-corrected chi connectivity index (χ0v) is 8.77. The van der Waals surface area contributed by atoms with Crippen LogP contribution in [0.15, 0.2) is 22.7 Å². The molecule has 0 saturated heterocycles. The molecule has 1 nitrogen and oxygen atoms in total. The summed E-state index contributed by atoms with van der Waals surface area (Å²) < 4.78 is 14.2. The van der Waals surface area contributed by atoms with E-state index in [-0.39, 0.29) is 0 Å². The molecule has 1 N–H and O–H groups in total. The van der Waals surface area contributed by atoms with E-state index in [0.717, 1.165) is 22.3 Å². The summed E-state index contributed by atoms with van der Waals surface area (Å²) in [5, 5.41) is 3.22. The number of rotatable bonds is 0. The van der Waals surface area contributed by atoms with Gasteiger partial charge in [0.05, 0.1) is 0 Å². The Morgan fingerprint density at radius 2 is 2.31 bits per heavy atom. The maximum Gasteiger partial charge on any atom is 0.106 e. The molecule has 0 aromatic heterocycles. The zero-order chi connectivity index (χ0) is 9.26. The molecule has 0 spiro atoms. The van der Waals surface area contributed by atoms with Gasteiger partial charge in [-0.05, 0) is 30.2 Å². The van der Waals surface area contributed by atoms with Crippen LogP contribution in [0.3, 0.4) is 0 Å². The number of alkyl halides is 1. The first-order valence-electron chi connectivity index (χ1n) is 4.42. The monoisotopic (exact) mass is 243 g/mol. The maximum absolute atomic E-state index is 13.2. The third-order valence-electron chi connectivity index (χ3n) is 2.28. The molecule has 2 rings (SSSR count). The van der Waals surface area contributed by atoms with Crippen molar-refractivity contribution in [3.05, 3.63) is 28.2 Å². The SMILES string of the molecule is FC1CCNc2ccc(Br)cc2C1. The summed E-state index contributed by atoms with van der Waals surface area (Å²) in [7, 11) is 0. The predicted octanol–water partition coefficient (Wildman–Crippen LogP) is 3.15. The molecule has 0 aliphatic carbocycles. The van der Waals surface area contributed by atoms with E-state index in [4.69, 9.17) is 0 Å². The van der Waals surface area contributed by atoms with Crippen LogP contribution < -0.4 is 5.32 Å². The smallest absolute Gasteiger partial charge is 0.106 e. The van der Waals surface area contributed by atoms with Gasteiger partial charge in [-0.15, -0.1) is 0 Å². The van der Waals surface area contributed by atoms with E-state index in [9.17, 15) is 4.39 Å². The molecule has 0 saturated carbocycles. The summed E-state index contributed by atoms with van der Waals surface area (Å²) in [5.41, 5.74) is 2.14. The predicted molar refractivity (Wildman–Crippen MR) is 55.8 cm³/mol. The topological polar surface area (TPSA) is 12.0 Å². The van der Waals surface area contributed by atoms with E-state index < -0.39 is 6.17 Å². The molecule has 0 fully saturated rings. The Bertz CT molecular complexity index is 314. The van der Waals surface area contributed by atoms with Crippen LogP contribution in [0.2, 0.25) is 0 Å². The molecule has 1 aromatic carbocycles. The van der Waals surface area contributed by atoms with Gasteiger partial charge >= 0.3 is 0 Å². The molecular weight excluding hydrogens is 233 g/mol. The van der Waals surface area contributed by atoms with Gasteiger partial charge in [0, 0.05) is 23.1 Å². The van der Waals surface area contributed by atoms with Crippen molar-refractivity contribution in [1.82, 2.24) is 0 Å². The van der Waals surface area contributed by atoms with Gasteiger partial charge in [-0.2, -0.15) is 0 Å². The third-order valence-corrected chi connectivity index (χ3v) is 2.77. The average molecular weight is 244 g/mol. The van der Waals surface area contributed by atoms with Crippen LogP contribution in [-0.2, 0) is 6.42 Å². The quantitative estimate of drug-likeness (QED) is 0.739. The van der Waals surface area contributed by atoms with E-state index in [1.807, 2.05) is 18.2 Å². The first-order valence-corrected chi connectivity index (χ1v) is 5.21. The van der Waals surface area contributed by atoms with Crippen LogP contribution in [0.5, 0.6) is 0 Å². The highest BCUT2D eigenvalue weighted by Gasteiger charge is 2.15. The summed E-state index contributed by atoms with van der Waals surface area (Å²) >= 11 is 3.39. The number of hydrogen-bond donors (Lipinski definition) is 1. The minimum atomic E-state index is -0.706. The fourth-order valence-corrected chi connectivity index (χ4v) is 2.02. The molecule has 0 bridgehead atoms. The van der Waals surface area contributed by atoms with E-state index >= 15 is 0 Å². The summed E-state index contributed by atoms with van der Waals surface area (Å²) in [5.74, 6) is 0. The minimum Gasteiger partial charge on any atom is -0.385 e. The summed E-state index contributed by atoms with van der Waals surface area (Å²) in [6.45, 7) is 0.732. The average Bonchev–Trinajstić information content (AvgIpc) is 2.25. The molecule has 1 heterocycles. The molecule has 1 aliphatic rings. The van der Waals surface area contributed by atoms with Gasteiger partial charge in [0.25, 0.3) is 0 Å². The first-order chi connectivity index (χ1) is 6.25. The molecule has 1 unspecified atom stereocenters. The van der Waals surface area contributed by atoms with Gasteiger partial charge in [0.15, 0.2) is 0 Å². The Kier molecular flexibility index (Phi) is 2.54. The number of benzene rings is 1. The number of anilines is 1. The lowest BCUT2D eigenvalue weighted by atomic mass is 10.1. The first kappa shape index (κ1) is 9.00. The van der Waals surface area contributed by atoms with Gasteiger partial charge < -0.3 is 5.32 Å². The van der Waals surface area contributed by atoms with E-state index in [0.29, 0.717) is 12.8 Å². The largest absolute Gasteiger partial charge is 0.385 e. The van der Waals surface area contributed by atoms with Crippen molar-refractivity contribution in [2.45, 2.75) is 19.0 Å². The second-order valence-corrected chi connectivity index (χ2v) is 4.23. The van der Waals surface area contributed by atoms with E-state index in [1.54, 1.807) is 0 Å². The van der Waals surface area contributed by atoms with E-state index in [2.05, 4.69) is 21.2 Å². The Balaban J connectivity index is 2.35. The van der Waals surface area contributed by atoms with Crippen molar-refractivity contribution in [3.63, 3.8) is 0 Å². The van der Waals surface area contributed by atoms with Crippen molar-refractivity contribution in [2.75, 3.05) is 11.9 Å². The molecule has 0 amide bonds. The van der Waals surface area contributed by atoms with Crippen LogP contribution >= 0.6 is 15.9 Å². The zero-order valence-electron chi connectivity index (χ0n) is 7.19. The number of halogens is 2. The summed E-state index contributed by atoms with van der Waals surface area (Å²) in [4.78, 5) is 0. The number of nitrogens with one attached hydrogen (secondary N) is 1. The lowest BCUT2D eigenvalue weighted by Gasteiger charge is -2.07. The highest BCUT2D eigenvalue weighted by Crippen LogP contribution is 2.25. The summed E-state index contributed by atoms with van der Waals surface area (Å²) in [6, 6.07) is 5.96. The molecule has 13 heavy (non-hydrogen) atoms. The second kappa shape index (κ2) is 3.66. The Hall–Kier alpha value is -0.570. The van der Waals surface area contributed by atoms with Gasteiger partial charge in [0.2, 0.25) is 0 Å². The Labute approximate surface area is 85.5 Å². The van der Waals surface area contributed by atoms with Crippen molar-refractivity contribution < 1.29 is 4.39 Å². The standard InChI is InChI=1S/C10H11BrFN/c11-8-1-2-10-7(5-8)6-9(12)3-4-13-10/h1-2,5,9,13H,3-4,6H2. The van der Waals surface area contributed by atoms with Gasteiger partial charge in [-0.25, -0.2) is 4.39 Å². The molecule has 0 radical (unpaired) electrons. The second-order valence-electron chi connectivity index (χ2n) is 3.32. The van der Waals surface area contributed by atoms with Crippen LogP contribution in [0.4, 0.5) is 10.1 Å². The molecule has 1 aliphatic heterocycles. The van der Waals surface area contributed by atoms with Crippen LogP contribution in [-0.4, -0.2) is 12.7 Å². The highest BCUT2D eigenvalue weighted by molar-refractivity contribution is 9.10. The number of hydrogen-bond acceptors (Lipinski definition) is 1. The number of fused-ring (bicyclic) bond motifs is 1. The van der Waals surface area contributed by atoms with Crippen LogP contribution in [0.1, 0.15) is 12.0 Å². The van der Waals surface area contributed by atoms with Crippen LogP contribution in [0, 0.1) is 0 Å².